The smallest absolute Gasteiger partial charge is 0.139 e. The van der Waals surface area contributed by atoms with Crippen molar-refractivity contribution in [2.75, 3.05) is 5.73 Å². The second-order valence-corrected chi connectivity index (χ2v) is 4.55. The lowest BCUT2D eigenvalue weighted by Crippen LogP contribution is -1.85. The summed E-state index contributed by atoms with van der Waals surface area (Å²) in [5.41, 5.74) is 6.36. The van der Waals surface area contributed by atoms with Gasteiger partial charge in [0.2, 0.25) is 0 Å². The summed E-state index contributed by atoms with van der Waals surface area (Å²) in [4.78, 5) is 0. The molecule has 0 fully saturated rings. The third-order valence-electron chi connectivity index (χ3n) is 2.56. The molecule has 0 atom stereocenters. The number of nitrogen functional groups attached to an aromatic ring is 1. The number of nitrogens with two attached hydrogens (primary N) is 1. The van der Waals surface area contributed by atoms with Gasteiger partial charge in [0.15, 0.2) is 0 Å². The van der Waals surface area contributed by atoms with Gasteiger partial charge in [-0.25, -0.2) is 0 Å². The molecule has 0 aliphatic carbocycles. The van der Waals surface area contributed by atoms with Crippen molar-refractivity contribution < 1.29 is 5.11 Å². The molecule has 88 valence electrons. The van der Waals surface area contributed by atoms with Gasteiger partial charge in [-0.05, 0) is 18.2 Å². The zero-order valence-corrected chi connectivity index (χ0v) is 10.7. The molecule has 0 amide bonds. The first kappa shape index (κ1) is 11.7. The SMILES string of the molecule is CC.Nc1c(O)ccc2sc3ccccc3c12. The molecule has 17 heavy (non-hydrogen) atoms. The van der Waals surface area contributed by atoms with Crippen molar-refractivity contribution in [2.24, 2.45) is 0 Å². The molecule has 3 heteroatoms. The van der Waals surface area contributed by atoms with Crippen LogP contribution in [0.1, 0.15) is 13.8 Å². The Hall–Kier alpha value is -1.74. The molecule has 0 saturated heterocycles. The topological polar surface area (TPSA) is 46.2 Å². The van der Waals surface area contributed by atoms with E-state index in [1.807, 2.05) is 38.1 Å². The lowest BCUT2D eigenvalue weighted by atomic mass is 10.1. The number of phenolic OH excluding ortho intramolecular Hbond substituents is 1. The monoisotopic (exact) mass is 245 g/mol. The molecular weight excluding hydrogens is 230 g/mol. The van der Waals surface area contributed by atoms with E-state index in [9.17, 15) is 5.11 Å². The minimum Gasteiger partial charge on any atom is -0.506 e. The fraction of sp³-hybridized carbons (Fsp3) is 0.143. The van der Waals surface area contributed by atoms with Gasteiger partial charge in [0.1, 0.15) is 5.75 Å². The number of rotatable bonds is 0. The van der Waals surface area contributed by atoms with E-state index in [1.54, 1.807) is 17.4 Å². The normalized spacial score (nSPS) is 10.2. The maximum atomic E-state index is 9.57. The largest absolute Gasteiger partial charge is 0.506 e. The van der Waals surface area contributed by atoms with Crippen molar-refractivity contribution in [2.45, 2.75) is 13.8 Å². The number of anilines is 1. The van der Waals surface area contributed by atoms with Gasteiger partial charge in [0.05, 0.1) is 5.69 Å². The van der Waals surface area contributed by atoms with Crippen LogP contribution in [0.15, 0.2) is 36.4 Å². The van der Waals surface area contributed by atoms with Crippen molar-refractivity contribution in [3.05, 3.63) is 36.4 Å². The van der Waals surface area contributed by atoms with Crippen LogP contribution in [0.2, 0.25) is 0 Å². The molecule has 0 aliphatic rings. The van der Waals surface area contributed by atoms with Gasteiger partial charge in [-0.3, -0.25) is 0 Å². The summed E-state index contributed by atoms with van der Waals surface area (Å²) >= 11 is 1.69. The number of aromatic hydroxyl groups is 1. The van der Waals surface area contributed by atoms with Gasteiger partial charge in [-0.2, -0.15) is 0 Å². The second-order valence-electron chi connectivity index (χ2n) is 3.47. The molecular formula is C14H15NOS. The summed E-state index contributed by atoms with van der Waals surface area (Å²) in [5.74, 6) is 0.158. The highest BCUT2D eigenvalue weighted by Crippen LogP contribution is 2.40. The van der Waals surface area contributed by atoms with Crippen LogP contribution in [0, 0.1) is 0 Å². The first-order valence-electron chi connectivity index (χ1n) is 5.66. The third kappa shape index (κ3) is 1.83. The first-order valence-corrected chi connectivity index (χ1v) is 6.48. The van der Waals surface area contributed by atoms with Gasteiger partial charge >= 0.3 is 0 Å². The second kappa shape index (κ2) is 4.63. The Morgan fingerprint density at radius 2 is 1.71 bits per heavy atom. The zero-order chi connectivity index (χ0) is 12.4. The number of thiophene rings is 1. The Kier molecular flexibility index (Phi) is 3.20. The van der Waals surface area contributed by atoms with Crippen LogP contribution < -0.4 is 5.73 Å². The predicted octanol–water partition coefficient (Wildman–Crippen LogP) is 4.37. The Bertz CT molecular complexity index is 658. The first-order chi connectivity index (χ1) is 8.27. The molecule has 0 saturated carbocycles. The predicted molar refractivity (Wildman–Crippen MR) is 76.8 cm³/mol. The summed E-state index contributed by atoms with van der Waals surface area (Å²) in [6.45, 7) is 4.00. The Balaban J connectivity index is 0.000000514. The summed E-state index contributed by atoms with van der Waals surface area (Å²) in [5, 5.41) is 11.7. The average Bonchev–Trinajstić information content (AvgIpc) is 2.75. The van der Waals surface area contributed by atoms with E-state index in [0.29, 0.717) is 5.69 Å². The van der Waals surface area contributed by atoms with E-state index in [1.165, 1.54) is 4.70 Å². The molecule has 2 aromatic carbocycles. The van der Waals surface area contributed by atoms with Crippen molar-refractivity contribution in [3.63, 3.8) is 0 Å². The lowest BCUT2D eigenvalue weighted by Gasteiger charge is -1.99. The molecule has 0 aliphatic heterocycles. The van der Waals surface area contributed by atoms with E-state index < -0.39 is 0 Å². The maximum Gasteiger partial charge on any atom is 0.139 e. The summed E-state index contributed by atoms with van der Waals surface area (Å²) in [7, 11) is 0. The van der Waals surface area contributed by atoms with Gasteiger partial charge in [-0.15, -0.1) is 11.3 Å². The molecule has 0 bridgehead atoms. The fourth-order valence-corrected chi connectivity index (χ4v) is 2.95. The summed E-state index contributed by atoms with van der Waals surface area (Å²) < 4.78 is 2.32. The molecule has 0 unspecified atom stereocenters. The number of phenols is 1. The van der Waals surface area contributed by atoms with Crippen LogP contribution in [-0.2, 0) is 0 Å². The molecule has 0 spiro atoms. The standard InChI is InChI=1S/C12H9NOS.C2H6/c13-12-8(14)5-6-10-11(12)7-3-1-2-4-9(7)15-10;1-2/h1-6,14H,13H2;1-2H3. The van der Waals surface area contributed by atoms with Crippen LogP contribution in [0.3, 0.4) is 0 Å². The van der Waals surface area contributed by atoms with Crippen LogP contribution in [0.25, 0.3) is 20.2 Å². The van der Waals surface area contributed by atoms with Gasteiger partial charge in [0, 0.05) is 20.2 Å². The maximum absolute atomic E-state index is 9.57. The van der Waals surface area contributed by atoms with Gasteiger partial charge in [-0.1, -0.05) is 32.0 Å². The molecule has 2 nitrogen and oxygen atoms in total. The summed E-state index contributed by atoms with van der Waals surface area (Å²) in [6, 6.07) is 11.6. The van der Waals surface area contributed by atoms with E-state index in [4.69, 9.17) is 5.73 Å². The Morgan fingerprint density at radius 3 is 2.47 bits per heavy atom. The highest BCUT2D eigenvalue weighted by Gasteiger charge is 2.09. The number of hydrogen-bond acceptors (Lipinski definition) is 3. The lowest BCUT2D eigenvalue weighted by molar-refractivity contribution is 0.479. The molecule has 0 radical (unpaired) electrons. The number of fused-ring (bicyclic) bond motifs is 3. The van der Waals surface area contributed by atoms with Crippen LogP contribution in [-0.4, -0.2) is 5.11 Å². The number of hydrogen-bond donors (Lipinski definition) is 2. The molecule has 1 heterocycles. The fourth-order valence-electron chi connectivity index (χ4n) is 1.83. The Labute approximate surface area is 104 Å². The quantitative estimate of drug-likeness (QED) is 0.456. The van der Waals surface area contributed by atoms with E-state index >= 15 is 0 Å². The highest BCUT2D eigenvalue weighted by atomic mass is 32.1. The van der Waals surface area contributed by atoms with Crippen LogP contribution in [0.5, 0.6) is 5.75 Å². The van der Waals surface area contributed by atoms with Gasteiger partial charge in [0.25, 0.3) is 0 Å². The third-order valence-corrected chi connectivity index (χ3v) is 3.70. The van der Waals surface area contributed by atoms with Crippen molar-refractivity contribution >= 4 is 37.2 Å². The van der Waals surface area contributed by atoms with E-state index in [0.717, 1.165) is 15.5 Å². The minimum absolute atomic E-state index is 0.158. The van der Waals surface area contributed by atoms with Crippen LogP contribution in [0.4, 0.5) is 5.69 Å². The van der Waals surface area contributed by atoms with E-state index in [2.05, 4.69) is 6.07 Å². The molecule has 3 rings (SSSR count). The molecule has 3 N–H and O–H groups in total. The average molecular weight is 245 g/mol. The Morgan fingerprint density at radius 1 is 1.00 bits per heavy atom. The number of benzene rings is 2. The molecule has 3 aromatic rings. The minimum atomic E-state index is 0.158. The van der Waals surface area contributed by atoms with E-state index in [-0.39, 0.29) is 5.75 Å². The van der Waals surface area contributed by atoms with Gasteiger partial charge < -0.3 is 10.8 Å². The van der Waals surface area contributed by atoms with Crippen molar-refractivity contribution in [1.29, 1.82) is 0 Å². The molecule has 1 aromatic heterocycles. The summed E-state index contributed by atoms with van der Waals surface area (Å²) in [6.07, 6.45) is 0. The van der Waals surface area contributed by atoms with Crippen molar-refractivity contribution in [3.8, 4) is 5.75 Å². The zero-order valence-electron chi connectivity index (χ0n) is 9.90. The van der Waals surface area contributed by atoms with Crippen LogP contribution >= 0.6 is 11.3 Å². The van der Waals surface area contributed by atoms with Crippen molar-refractivity contribution in [1.82, 2.24) is 0 Å². The highest BCUT2D eigenvalue weighted by molar-refractivity contribution is 7.25.